The molecule has 3 N–H and O–H groups in total. The van der Waals surface area contributed by atoms with Gasteiger partial charge in [0.05, 0.1) is 40.7 Å². The number of hydrogen-bond acceptors (Lipinski definition) is 5. The molecule has 2 aromatic rings. The second-order valence-corrected chi connectivity index (χ2v) is 8.02. The van der Waals surface area contributed by atoms with E-state index in [1.54, 1.807) is 13.8 Å². The molecule has 11 heteroatoms. The number of carbonyl (C=O) groups excluding carboxylic acids is 3. The Labute approximate surface area is 193 Å². The summed E-state index contributed by atoms with van der Waals surface area (Å²) < 4.78 is 34.5. The van der Waals surface area contributed by atoms with Crippen LogP contribution in [0.15, 0.2) is 30.3 Å². The summed E-state index contributed by atoms with van der Waals surface area (Å²) >= 11 is 5.94. The molecule has 1 saturated heterocycles. The molecule has 2 aromatic carbocycles. The normalized spacial score (nSPS) is 15.7. The zero-order valence-electron chi connectivity index (χ0n) is 17.8. The zero-order chi connectivity index (χ0) is 24.3. The highest BCUT2D eigenvalue weighted by Crippen LogP contribution is 2.31. The van der Waals surface area contributed by atoms with E-state index in [0.717, 1.165) is 23.1 Å². The first-order valence-electron chi connectivity index (χ1n) is 10.1. The molecule has 3 rings (SSSR count). The van der Waals surface area contributed by atoms with E-state index in [-0.39, 0.29) is 34.1 Å². The summed E-state index contributed by atoms with van der Waals surface area (Å²) in [6.07, 6.45) is -0.0490. The van der Waals surface area contributed by atoms with Gasteiger partial charge in [0.25, 0.3) is 5.91 Å². The summed E-state index contributed by atoms with van der Waals surface area (Å²) in [5, 5.41) is 13.9. The number of halogens is 3. The van der Waals surface area contributed by atoms with Crippen molar-refractivity contribution in [2.75, 3.05) is 17.2 Å². The van der Waals surface area contributed by atoms with E-state index >= 15 is 0 Å². The minimum absolute atomic E-state index is 0.0484. The predicted octanol–water partition coefficient (Wildman–Crippen LogP) is 4.17. The SMILES string of the molecule is CC(C)Oc1cc(NC(=O)N2C(=O)CCC2CO)c(F)cc1C(=O)Nc1c(F)cccc1Cl. The third-order valence-corrected chi connectivity index (χ3v) is 5.19. The van der Waals surface area contributed by atoms with Crippen molar-refractivity contribution in [3.05, 3.63) is 52.6 Å². The first-order chi connectivity index (χ1) is 15.6. The molecule has 0 aliphatic carbocycles. The van der Waals surface area contributed by atoms with Crippen molar-refractivity contribution < 1.29 is 33.0 Å². The number of para-hydroxylation sites is 1. The minimum Gasteiger partial charge on any atom is -0.490 e. The number of aliphatic hydroxyl groups excluding tert-OH is 1. The Morgan fingerprint density at radius 3 is 2.61 bits per heavy atom. The molecule has 8 nitrogen and oxygen atoms in total. The Bertz CT molecular complexity index is 1080. The molecule has 1 unspecified atom stereocenters. The largest absolute Gasteiger partial charge is 0.490 e. The summed E-state index contributed by atoms with van der Waals surface area (Å²) in [6.45, 7) is 2.93. The molecule has 1 aliphatic heterocycles. The minimum atomic E-state index is -0.989. The van der Waals surface area contributed by atoms with Gasteiger partial charge in [-0.1, -0.05) is 17.7 Å². The van der Waals surface area contributed by atoms with E-state index in [4.69, 9.17) is 16.3 Å². The molecule has 1 atom stereocenters. The summed E-state index contributed by atoms with van der Waals surface area (Å²) in [5.74, 6) is -3.23. The maximum atomic E-state index is 14.8. The number of carbonyl (C=O) groups is 3. The van der Waals surface area contributed by atoms with Crippen LogP contribution in [-0.4, -0.2) is 46.6 Å². The molecule has 1 fully saturated rings. The molecule has 176 valence electrons. The molecule has 0 radical (unpaired) electrons. The fourth-order valence-corrected chi connectivity index (χ4v) is 3.56. The number of likely N-dealkylation sites (tertiary alicyclic amines) is 1. The summed E-state index contributed by atoms with van der Waals surface area (Å²) in [5.41, 5.74) is -0.878. The van der Waals surface area contributed by atoms with Gasteiger partial charge in [0.2, 0.25) is 5.91 Å². The topological polar surface area (TPSA) is 108 Å². The number of ether oxygens (including phenoxy) is 1. The van der Waals surface area contributed by atoms with Crippen LogP contribution in [0.2, 0.25) is 5.02 Å². The molecule has 0 spiro atoms. The van der Waals surface area contributed by atoms with Gasteiger partial charge in [-0.15, -0.1) is 0 Å². The monoisotopic (exact) mass is 481 g/mol. The Balaban J connectivity index is 1.91. The van der Waals surface area contributed by atoms with Crippen molar-refractivity contribution in [2.45, 2.75) is 38.8 Å². The second kappa shape index (κ2) is 10.1. The van der Waals surface area contributed by atoms with Crippen molar-refractivity contribution in [3.8, 4) is 5.75 Å². The quantitative estimate of drug-likeness (QED) is 0.574. The van der Waals surface area contributed by atoms with Gasteiger partial charge >= 0.3 is 6.03 Å². The van der Waals surface area contributed by atoms with Crippen molar-refractivity contribution >= 4 is 40.8 Å². The van der Waals surface area contributed by atoms with Gasteiger partial charge in [-0.25, -0.2) is 13.6 Å². The number of imide groups is 1. The second-order valence-electron chi connectivity index (χ2n) is 7.61. The average Bonchev–Trinajstić information content (AvgIpc) is 3.13. The van der Waals surface area contributed by atoms with Gasteiger partial charge < -0.3 is 20.5 Å². The lowest BCUT2D eigenvalue weighted by atomic mass is 10.1. The summed E-state index contributed by atoms with van der Waals surface area (Å²) in [6, 6.07) is 4.15. The standard InChI is InChI=1S/C22H22ClF2N3O5/c1-11(2)33-18-9-17(26-22(32)28-12(10-29)6-7-19(28)30)16(25)8-13(18)21(31)27-20-14(23)4-3-5-15(20)24/h3-5,8-9,11-12,29H,6-7,10H2,1-2H3,(H,26,32)(H,27,31). The highest BCUT2D eigenvalue weighted by atomic mass is 35.5. The van der Waals surface area contributed by atoms with Gasteiger partial charge in [-0.05, 0) is 38.5 Å². The van der Waals surface area contributed by atoms with Crippen LogP contribution in [0.1, 0.15) is 37.0 Å². The first-order valence-corrected chi connectivity index (χ1v) is 10.5. The number of hydrogen-bond donors (Lipinski definition) is 3. The van der Waals surface area contributed by atoms with Crippen LogP contribution < -0.4 is 15.4 Å². The lowest BCUT2D eigenvalue weighted by Crippen LogP contribution is -2.43. The Hall–Kier alpha value is -3.24. The van der Waals surface area contributed by atoms with Gasteiger partial charge in [-0.2, -0.15) is 0 Å². The maximum absolute atomic E-state index is 14.8. The number of amides is 4. The number of aliphatic hydroxyl groups is 1. The van der Waals surface area contributed by atoms with E-state index in [9.17, 15) is 28.3 Å². The maximum Gasteiger partial charge on any atom is 0.328 e. The zero-order valence-corrected chi connectivity index (χ0v) is 18.6. The van der Waals surface area contributed by atoms with Gasteiger partial charge in [0.15, 0.2) is 0 Å². The molecule has 0 bridgehead atoms. The molecule has 4 amide bonds. The third kappa shape index (κ3) is 5.40. The van der Waals surface area contributed by atoms with Gasteiger partial charge in [0.1, 0.15) is 17.4 Å². The highest BCUT2D eigenvalue weighted by Gasteiger charge is 2.36. The van der Waals surface area contributed by atoms with Crippen molar-refractivity contribution in [1.29, 1.82) is 0 Å². The third-order valence-electron chi connectivity index (χ3n) is 4.87. The average molecular weight is 482 g/mol. The fourth-order valence-electron chi connectivity index (χ4n) is 3.35. The Kier molecular flexibility index (Phi) is 7.50. The van der Waals surface area contributed by atoms with E-state index in [2.05, 4.69) is 10.6 Å². The lowest BCUT2D eigenvalue weighted by molar-refractivity contribution is -0.126. The molecular formula is C22H22ClF2N3O5. The number of benzene rings is 2. The van der Waals surface area contributed by atoms with E-state index < -0.39 is 48.2 Å². The van der Waals surface area contributed by atoms with Crippen molar-refractivity contribution in [2.24, 2.45) is 0 Å². The molecule has 0 aromatic heterocycles. The number of rotatable bonds is 6. The number of anilines is 2. The molecule has 1 aliphatic rings. The van der Waals surface area contributed by atoms with Crippen LogP contribution in [-0.2, 0) is 4.79 Å². The number of urea groups is 1. The Morgan fingerprint density at radius 2 is 1.97 bits per heavy atom. The molecular weight excluding hydrogens is 460 g/mol. The van der Waals surface area contributed by atoms with E-state index in [0.29, 0.717) is 6.42 Å². The van der Waals surface area contributed by atoms with E-state index in [1.165, 1.54) is 12.1 Å². The van der Waals surface area contributed by atoms with Crippen LogP contribution in [0.25, 0.3) is 0 Å². The van der Waals surface area contributed by atoms with Crippen LogP contribution in [0.3, 0.4) is 0 Å². The number of nitrogens with one attached hydrogen (secondary N) is 2. The smallest absolute Gasteiger partial charge is 0.328 e. The van der Waals surface area contributed by atoms with Crippen LogP contribution >= 0.6 is 11.6 Å². The van der Waals surface area contributed by atoms with Crippen LogP contribution in [0, 0.1) is 11.6 Å². The van der Waals surface area contributed by atoms with E-state index in [1.807, 2.05) is 0 Å². The molecule has 33 heavy (non-hydrogen) atoms. The summed E-state index contributed by atoms with van der Waals surface area (Å²) in [4.78, 5) is 38.2. The van der Waals surface area contributed by atoms with Crippen molar-refractivity contribution in [1.82, 2.24) is 4.90 Å². The summed E-state index contributed by atoms with van der Waals surface area (Å²) in [7, 11) is 0. The predicted molar refractivity (Wildman–Crippen MR) is 117 cm³/mol. The number of nitrogens with zero attached hydrogens (tertiary/aromatic N) is 1. The van der Waals surface area contributed by atoms with Crippen LogP contribution in [0.4, 0.5) is 25.0 Å². The fraction of sp³-hybridized carbons (Fsp3) is 0.318. The highest BCUT2D eigenvalue weighted by molar-refractivity contribution is 6.34. The van der Waals surface area contributed by atoms with Crippen molar-refractivity contribution in [3.63, 3.8) is 0 Å². The lowest BCUT2D eigenvalue weighted by Gasteiger charge is -2.22. The van der Waals surface area contributed by atoms with Crippen LogP contribution in [0.5, 0.6) is 5.75 Å². The van der Waals surface area contributed by atoms with Gasteiger partial charge in [-0.3, -0.25) is 14.5 Å². The first kappa shape index (κ1) is 24.4. The Morgan fingerprint density at radius 1 is 1.24 bits per heavy atom. The molecule has 0 saturated carbocycles. The molecule has 1 heterocycles. The van der Waals surface area contributed by atoms with Gasteiger partial charge in [0, 0.05) is 12.5 Å².